The van der Waals surface area contributed by atoms with E-state index in [1.54, 1.807) is 18.3 Å². The van der Waals surface area contributed by atoms with Crippen LogP contribution in [-0.4, -0.2) is 38.0 Å². The number of aromatic nitrogens is 1. The maximum atomic E-state index is 11.5. The van der Waals surface area contributed by atoms with Gasteiger partial charge in [-0.25, -0.2) is 13.4 Å². The van der Waals surface area contributed by atoms with E-state index < -0.39 is 9.84 Å². The molecule has 0 unspecified atom stereocenters. The van der Waals surface area contributed by atoms with Crippen molar-refractivity contribution in [2.24, 2.45) is 0 Å². The molecular formula is C12H20N2O2S2. The summed E-state index contributed by atoms with van der Waals surface area (Å²) in [7, 11) is -2.87. The molecule has 0 aromatic carbocycles. The van der Waals surface area contributed by atoms with Crippen molar-refractivity contribution in [3.8, 4) is 0 Å². The predicted molar refractivity (Wildman–Crippen MR) is 76.2 cm³/mol. The topological polar surface area (TPSA) is 50.3 Å². The van der Waals surface area contributed by atoms with E-state index in [9.17, 15) is 8.42 Å². The highest BCUT2D eigenvalue weighted by molar-refractivity contribution is 7.91. The van der Waals surface area contributed by atoms with Gasteiger partial charge in [0.15, 0.2) is 5.13 Å². The molecule has 0 N–H and O–H groups in total. The molecule has 0 atom stereocenters. The van der Waals surface area contributed by atoms with Gasteiger partial charge in [0.25, 0.3) is 0 Å². The van der Waals surface area contributed by atoms with Gasteiger partial charge in [0.1, 0.15) is 9.84 Å². The summed E-state index contributed by atoms with van der Waals surface area (Å²) in [6.45, 7) is 3.86. The van der Waals surface area contributed by atoms with Gasteiger partial charge in [-0.15, -0.1) is 11.3 Å². The Hall–Kier alpha value is -0.620. The molecule has 0 bridgehead atoms. The molecule has 2 rings (SSSR count). The maximum absolute atomic E-state index is 11.5. The van der Waals surface area contributed by atoms with Crippen LogP contribution in [0.1, 0.15) is 31.1 Å². The van der Waals surface area contributed by atoms with Crippen LogP contribution in [0.2, 0.25) is 0 Å². The lowest BCUT2D eigenvalue weighted by molar-refractivity contribution is 0.577. The van der Waals surface area contributed by atoms with Crippen LogP contribution in [0.3, 0.4) is 0 Å². The van der Waals surface area contributed by atoms with E-state index in [0.717, 1.165) is 23.1 Å². The van der Waals surface area contributed by atoms with Crippen LogP contribution in [-0.2, 0) is 16.3 Å². The highest BCUT2D eigenvalue weighted by Gasteiger charge is 2.15. The number of hydrogen-bond donors (Lipinski definition) is 0. The zero-order valence-corrected chi connectivity index (χ0v) is 12.4. The zero-order valence-electron chi connectivity index (χ0n) is 10.8. The summed E-state index contributed by atoms with van der Waals surface area (Å²) in [5.41, 5.74) is 0. The number of hydrogen-bond acceptors (Lipinski definition) is 5. The van der Waals surface area contributed by atoms with Gasteiger partial charge in [0.05, 0.1) is 5.75 Å². The Morgan fingerprint density at radius 2 is 2.06 bits per heavy atom. The fraction of sp³-hybridized carbons (Fsp3) is 0.750. The lowest BCUT2D eigenvalue weighted by atomic mass is 10.1. The first-order chi connectivity index (χ1) is 8.61. The van der Waals surface area contributed by atoms with Crippen molar-refractivity contribution in [3.63, 3.8) is 0 Å². The number of piperidine rings is 1. The molecule has 0 amide bonds. The van der Waals surface area contributed by atoms with Crippen molar-refractivity contribution < 1.29 is 8.42 Å². The predicted octanol–water partition coefficient (Wildman–Crippen LogP) is 2.11. The number of rotatable bonds is 5. The van der Waals surface area contributed by atoms with Crippen molar-refractivity contribution in [2.75, 3.05) is 29.5 Å². The van der Waals surface area contributed by atoms with Gasteiger partial charge in [-0.1, -0.05) is 6.92 Å². The van der Waals surface area contributed by atoms with Gasteiger partial charge >= 0.3 is 0 Å². The highest BCUT2D eigenvalue weighted by Crippen LogP contribution is 2.25. The van der Waals surface area contributed by atoms with Crippen molar-refractivity contribution in [1.29, 1.82) is 0 Å². The quantitative estimate of drug-likeness (QED) is 0.832. The number of aryl methyl sites for hydroxylation is 1. The van der Waals surface area contributed by atoms with Crippen LogP contribution in [0, 0.1) is 0 Å². The molecule has 0 radical (unpaired) electrons. The number of thiazole rings is 1. The van der Waals surface area contributed by atoms with Crippen LogP contribution >= 0.6 is 11.3 Å². The van der Waals surface area contributed by atoms with Crippen LogP contribution in [0.4, 0.5) is 5.13 Å². The largest absolute Gasteiger partial charge is 0.348 e. The van der Waals surface area contributed by atoms with E-state index in [4.69, 9.17) is 0 Å². The normalized spacial score (nSPS) is 17.1. The van der Waals surface area contributed by atoms with Gasteiger partial charge in [-0.05, 0) is 25.7 Å². The standard InChI is InChI=1S/C12H20N2O2S2/c1-2-18(15,16)9-6-11-10-13-12(17-11)14-7-4-3-5-8-14/h10H,2-9H2,1H3. The van der Waals surface area contributed by atoms with Gasteiger partial charge < -0.3 is 4.90 Å². The Morgan fingerprint density at radius 3 is 2.72 bits per heavy atom. The number of nitrogens with zero attached hydrogens (tertiary/aromatic N) is 2. The summed E-state index contributed by atoms with van der Waals surface area (Å²) in [6.07, 6.45) is 6.21. The fourth-order valence-electron chi connectivity index (χ4n) is 2.04. The summed E-state index contributed by atoms with van der Waals surface area (Å²) >= 11 is 1.64. The molecule has 1 saturated heterocycles. The van der Waals surface area contributed by atoms with E-state index in [1.165, 1.54) is 19.3 Å². The monoisotopic (exact) mass is 288 g/mol. The molecule has 6 heteroatoms. The smallest absolute Gasteiger partial charge is 0.185 e. The summed E-state index contributed by atoms with van der Waals surface area (Å²) in [6, 6.07) is 0. The molecule has 0 spiro atoms. The SMILES string of the molecule is CCS(=O)(=O)CCc1cnc(N2CCCCC2)s1. The van der Waals surface area contributed by atoms with Crippen LogP contribution in [0.25, 0.3) is 0 Å². The van der Waals surface area contributed by atoms with Crippen molar-refractivity contribution in [2.45, 2.75) is 32.6 Å². The first-order valence-corrected chi connectivity index (χ1v) is 9.14. The first-order valence-electron chi connectivity index (χ1n) is 6.51. The molecule has 1 aliphatic rings. The van der Waals surface area contributed by atoms with Crippen molar-refractivity contribution in [3.05, 3.63) is 11.1 Å². The number of anilines is 1. The van der Waals surface area contributed by atoms with Crippen LogP contribution in [0.15, 0.2) is 6.20 Å². The third kappa shape index (κ3) is 3.68. The average molecular weight is 288 g/mol. The molecule has 1 aromatic rings. The van der Waals surface area contributed by atoms with E-state index in [0.29, 0.717) is 6.42 Å². The maximum Gasteiger partial charge on any atom is 0.185 e. The second kappa shape index (κ2) is 6.02. The lowest BCUT2D eigenvalue weighted by Gasteiger charge is -2.25. The van der Waals surface area contributed by atoms with Crippen LogP contribution in [0.5, 0.6) is 0 Å². The summed E-state index contributed by atoms with van der Waals surface area (Å²) < 4.78 is 22.9. The zero-order chi connectivity index (χ0) is 13.0. The van der Waals surface area contributed by atoms with E-state index >= 15 is 0 Å². The summed E-state index contributed by atoms with van der Waals surface area (Å²) in [4.78, 5) is 7.80. The van der Waals surface area contributed by atoms with Crippen molar-refractivity contribution in [1.82, 2.24) is 4.98 Å². The first kappa shape index (κ1) is 13.8. The summed E-state index contributed by atoms with van der Waals surface area (Å²) in [5.74, 6) is 0.468. The van der Waals surface area contributed by atoms with Gasteiger partial charge in [-0.3, -0.25) is 0 Å². The Bertz CT molecular complexity index is 476. The molecule has 2 heterocycles. The van der Waals surface area contributed by atoms with Gasteiger partial charge in [-0.2, -0.15) is 0 Å². The van der Waals surface area contributed by atoms with Gasteiger partial charge in [0, 0.05) is 29.9 Å². The number of sulfone groups is 1. The third-order valence-electron chi connectivity index (χ3n) is 3.27. The summed E-state index contributed by atoms with van der Waals surface area (Å²) in [5, 5.41) is 1.05. The second-order valence-electron chi connectivity index (χ2n) is 4.64. The van der Waals surface area contributed by atoms with E-state index in [2.05, 4.69) is 9.88 Å². The average Bonchev–Trinajstić information content (AvgIpc) is 2.86. The molecular weight excluding hydrogens is 268 g/mol. The lowest BCUT2D eigenvalue weighted by Crippen LogP contribution is -2.29. The molecule has 4 nitrogen and oxygen atoms in total. The molecule has 0 saturated carbocycles. The van der Waals surface area contributed by atoms with Gasteiger partial charge in [0.2, 0.25) is 0 Å². The molecule has 0 aliphatic carbocycles. The Kier molecular flexibility index (Phi) is 4.61. The molecule has 1 aromatic heterocycles. The van der Waals surface area contributed by atoms with Crippen molar-refractivity contribution >= 4 is 26.3 Å². The third-order valence-corrected chi connectivity index (χ3v) is 6.09. The Labute approximate surface area is 113 Å². The minimum atomic E-state index is -2.87. The Morgan fingerprint density at radius 1 is 1.33 bits per heavy atom. The fourth-order valence-corrected chi connectivity index (χ4v) is 3.95. The molecule has 18 heavy (non-hydrogen) atoms. The highest BCUT2D eigenvalue weighted by atomic mass is 32.2. The minimum absolute atomic E-state index is 0.227. The van der Waals surface area contributed by atoms with E-state index in [1.807, 2.05) is 6.20 Å². The molecule has 1 fully saturated rings. The molecule has 102 valence electrons. The molecule has 1 aliphatic heterocycles. The van der Waals surface area contributed by atoms with Crippen LogP contribution < -0.4 is 4.90 Å². The van der Waals surface area contributed by atoms with E-state index in [-0.39, 0.29) is 11.5 Å². The minimum Gasteiger partial charge on any atom is -0.348 e. The Balaban J connectivity index is 1.93. The second-order valence-corrected chi connectivity index (χ2v) is 8.21.